The summed E-state index contributed by atoms with van der Waals surface area (Å²) in [6.07, 6.45) is 2.84. The van der Waals surface area contributed by atoms with E-state index >= 15 is 0 Å². The van der Waals surface area contributed by atoms with Gasteiger partial charge < -0.3 is 15.5 Å². The molecule has 0 saturated carbocycles. The Morgan fingerprint density at radius 3 is 2.55 bits per heavy atom. The lowest BCUT2D eigenvalue weighted by atomic mass is 9.81. The lowest BCUT2D eigenvalue weighted by Crippen LogP contribution is -2.45. The van der Waals surface area contributed by atoms with Gasteiger partial charge in [0.15, 0.2) is 12.2 Å². The zero-order valence-corrected chi connectivity index (χ0v) is 13.1. The van der Waals surface area contributed by atoms with Crippen LogP contribution >= 0.6 is 0 Å². The molecule has 2 aromatic rings. The highest BCUT2D eigenvalue weighted by Crippen LogP contribution is 2.26. The van der Waals surface area contributed by atoms with Crippen LogP contribution in [0.5, 0.6) is 0 Å². The fourth-order valence-electron chi connectivity index (χ4n) is 2.52. The van der Waals surface area contributed by atoms with E-state index in [4.69, 9.17) is 10.2 Å². The third-order valence-electron chi connectivity index (χ3n) is 4.32. The minimum absolute atomic E-state index is 0.0259. The van der Waals surface area contributed by atoms with Crippen molar-refractivity contribution in [2.45, 2.75) is 33.2 Å². The number of nitrogens with zero attached hydrogens (tertiary/aromatic N) is 1. The van der Waals surface area contributed by atoms with Gasteiger partial charge in [-0.3, -0.25) is 4.79 Å². The Bertz CT molecular complexity index is 595. The number of carbonyl (C=O) groups is 1. The molecule has 1 aromatic carbocycles. The van der Waals surface area contributed by atoms with Gasteiger partial charge in [0.25, 0.3) is 0 Å². The van der Waals surface area contributed by atoms with Gasteiger partial charge in [0, 0.05) is 12.1 Å². The monoisotopic (exact) mass is 301 g/mol. The van der Waals surface area contributed by atoms with E-state index in [1.165, 1.54) is 6.39 Å². The maximum absolute atomic E-state index is 12.5. The average molecular weight is 301 g/mol. The first-order valence-electron chi connectivity index (χ1n) is 7.63. The SMILES string of the molecule is CCC(CC)(CN)C(=O)NCc1ncoc1-c1ccccc1. The number of nitrogens with one attached hydrogen (secondary N) is 1. The molecular weight excluding hydrogens is 278 g/mol. The summed E-state index contributed by atoms with van der Waals surface area (Å²) < 4.78 is 5.46. The number of nitrogens with two attached hydrogens (primary N) is 1. The van der Waals surface area contributed by atoms with Gasteiger partial charge in [-0.1, -0.05) is 44.2 Å². The van der Waals surface area contributed by atoms with Crippen LogP contribution < -0.4 is 11.1 Å². The summed E-state index contributed by atoms with van der Waals surface area (Å²) >= 11 is 0. The molecule has 5 heteroatoms. The first kappa shape index (κ1) is 16.2. The molecule has 3 N–H and O–H groups in total. The van der Waals surface area contributed by atoms with Crippen molar-refractivity contribution in [3.63, 3.8) is 0 Å². The molecule has 0 atom stereocenters. The third kappa shape index (κ3) is 3.20. The number of benzene rings is 1. The molecule has 118 valence electrons. The van der Waals surface area contributed by atoms with Gasteiger partial charge in [0.2, 0.25) is 5.91 Å². The number of oxazole rings is 1. The zero-order valence-electron chi connectivity index (χ0n) is 13.1. The summed E-state index contributed by atoms with van der Waals surface area (Å²) in [5.41, 5.74) is 6.97. The summed E-state index contributed by atoms with van der Waals surface area (Å²) in [5.74, 6) is 0.661. The fourth-order valence-corrected chi connectivity index (χ4v) is 2.52. The number of hydrogen-bond donors (Lipinski definition) is 2. The first-order valence-corrected chi connectivity index (χ1v) is 7.63. The van der Waals surface area contributed by atoms with Crippen LogP contribution in [0.25, 0.3) is 11.3 Å². The molecule has 0 aliphatic heterocycles. The lowest BCUT2D eigenvalue weighted by molar-refractivity contribution is -0.131. The van der Waals surface area contributed by atoms with Gasteiger partial charge in [-0.15, -0.1) is 0 Å². The Morgan fingerprint density at radius 2 is 1.95 bits per heavy atom. The zero-order chi connectivity index (χ0) is 16.0. The van der Waals surface area contributed by atoms with Crippen molar-refractivity contribution in [1.82, 2.24) is 10.3 Å². The molecule has 0 fully saturated rings. The van der Waals surface area contributed by atoms with E-state index in [9.17, 15) is 4.79 Å². The van der Waals surface area contributed by atoms with Crippen LogP contribution in [0.15, 0.2) is 41.1 Å². The summed E-state index contributed by atoms with van der Waals surface area (Å²) in [7, 11) is 0. The lowest BCUT2D eigenvalue weighted by Gasteiger charge is -2.28. The molecule has 0 spiro atoms. The standard InChI is InChI=1S/C17H23N3O2/c1-3-17(4-2,11-18)16(21)19-10-14-15(22-12-20-14)13-8-6-5-7-9-13/h5-9,12H,3-4,10-11,18H2,1-2H3,(H,19,21). The van der Waals surface area contributed by atoms with Crippen LogP contribution in [-0.4, -0.2) is 17.4 Å². The van der Waals surface area contributed by atoms with E-state index in [-0.39, 0.29) is 5.91 Å². The minimum atomic E-state index is -0.503. The summed E-state index contributed by atoms with van der Waals surface area (Å²) in [5, 5.41) is 2.95. The number of hydrogen-bond acceptors (Lipinski definition) is 4. The van der Waals surface area contributed by atoms with Crippen molar-refractivity contribution >= 4 is 5.91 Å². The van der Waals surface area contributed by atoms with Crippen molar-refractivity contribution in [2.24, 2.45) is 11.1 Å². The smallest absolute Gasteiger partial charge is 0.227 e. The largest absolute Gasteiger partial charge is 0.443 e. The second kappa shape index (κ2) is 7.22. The predicted molar refractivity (Wildman–Crippen MR) is 85.9 cm³/mol. The summed E-state index contributed by atoms with van der Waals surface area (Å²) in [4.78, 5) is 16.7. The molecular formula is C17H23N3O2. The maximum atomic E-state index is 12.5. The highest BCUT2D eigenvalue weighted by Gasteiger charge is 2.33. The molecule has 0 saturated heterocycles. The summed E-state index contributed by atoms with van der Waals surface area (Å²) in [6, 6.07) is 9.73. The molecule has 2 rings (SSSR count). The van der Waals surface area contributed by atoms with Crippen molar-refractivity contribution in [1.29, 1.82) is 0 Å². The Balaban J connectivity index is 2.10. The molecule has 1 aromatic heterocycles. The van der Waals surface area contributed by atoms with Crippen molar-refractivity contribution in [2.75, 3.05) is 6.54 Å². The number of aromatic nitrogens is 1. The number of rotatable bonds is 7. The van der Waals surface area contributed by atoms with E-state index in [0.29, 0.717) is 18.8 Å². The number of amides is 1. The third-order valence-corrected chi connectivity index (χ3v) is 4.32. The maximum Gasteiger partial charge on any atom is 0.227 e. The molecule has 22 heavy (non-hydrogen) atoms. The van der Waals surface area contributed by atoms with Gasteiger partial charge in [-0.2, -0.15) is 0 Å². The molecule has 0 aliphatic rings. The first-order chi connectivity index (χ1) is 10.7. The van der Waals surface area contributed by atoms with Gasteiger partial charge in [0.1, 0.15) is 5.69 Å². The minimum Gasteiger partial charge on any atom is -0.443 e. The van der Waals surface area contributed by atoms with Crippen molar-refractivity contribution in [3.8, 4) is 11.3 Å². The Morgan fingerprint density at radius 1 is 1.27 bits per heavy atom. The van der Waals surface area contributed by atoms with Crippen molar-refractivity contribution in [3.05, 3.63) is 42.4 Å². The van der Waals surface area contributed by atoms with E-state index in [1.807, 2.05) is 44.2 Å². The van der Waals surface area contributed by atoms with E-state index in [0.717, 1.165) is 24.1 Å². The van der Waals surface area contributed by atoms with Gasteiger partial charge in [-0.25, -0.2) is 4.98 Å². The van der Waals surface area contributed by atoms with E-state index in [1.54, 1.807) is 0 Å². The van der Waals surface area contributed by atoms with Crippen LogP contribution in [0.1, 0.15) is 32.4 Å². The second-order valence-corrected chi connectivity index (χ2v) is 5.37. The van der Waals surface area contributed by atoms with Crippen LogP contribution in [0.2, 0.25) is 0 Å². The molecule has 5 nitrogen and oxygen atoms in total. The molecule has 0 aliphatic carbocycles. The van der Waals surface area contributed by atoms with Crippen molar-refractivity contribution < 1.29 is 9.21 Å². The van der Waals surface area contributed by atoms with Crippen LogP contribution in [-0.2, 0) is 11.3 Å². The molecule has 0 bridgehead atoms. The molecule has 1 heterocycles. The molecule has 0 unspecified atom stereocenters. The highest BCUT2D eigenvalue weighted by atomic mass is 16.3. The quantitative estimate of drug-likeness (QED) is 0.824. The number of carbonyl (C=O) groups excluding carboxylic acids is 1. The molecule has 0 radical (unpaired) electrons. The van der Waals surface area contributed by atoms with Gasteiger partial charge in [0.05, 0.1) is 12.0 Å². The van der Waals surface area contributed by atoms with E-state index in [2.05, 4.69) is 10.3 Å². The Labute approximate surface area is 130 Å². The fraction of sp³-hybridized carbons (Fsp3) is 0.412. The van der Waals surface area contributed by atoms with Crippen LogP contribution in [0.4, 0.5) is 0 Å². The highest BCUT2D eigenvalue weighted by molar-refractivity contribution is 5.82. The van der Waals surface area contributed by atoms with Crippen LogP contribution in [0, 0.1) is 5.41 Å². The predicted octanol–water partition coefficient (Wildman–Crippen LogP) is 2.72. The van der Waals surface area contributed by atoms with Gasteiger partial charge in [-0.05, 0) is 12.8 Å². The average Bonchev–Trinajstić information content (AvgIpc) is 3.04. The summed E-state index contributed by atoms with van der Waals surface area (Å²) in [6.45, 7) is 4.65. The van der Waals surface area contributed by atoms with Crippen LogP contribution in [0.3, 0.4) is 0 Å². The molecule has 1 amide bonds. The Kier molecular flexibility index (Phi) is 5.33. The Hall–Kier alpha value is -2.14. The van der Waals surface area contributed by atoms with Gasteiger partial charge >= 0.3 is 0 Å². The van der Waals surface area contributed by atoms with E-state index < -0.39 is 5.41 Å². The second-order valence-electron chi connectivity index (χ2n) is 5.37. The topological polar surface area (TPSA) is 81.2 Å². The normalized spacial score (nSPS) is 11.4.